The third-order valence-electron chi connectivity index (χ3n) is 5.09. The number of hydrogen-bond donors (Lipinski definition) is 0. The van der Waals surface area contributed by atoms with Crippen molar-refractivity contribution >= 4 is 5.91 Å². The van der Waals surface area contributed by atoms with Gasteiger partial charge >= 0.3 is 0 Å². The van der Waals surface area contributed by atoms with Crippen molar-refractivity contribution in [2.24, 2.45) is 11.8 Å². The zero-order valence-corrected chi connectivity index (χ0v) is 12.5. The lowest BCUT2D eigenvalue weighted by Gasteiger charge is -2.31. The first-order valence-corrected chi connectivity index (χ1v) is 7.61. The first-order valence-electron chi connectivity index (χ1n) is 7.61. The van der Waals surface area contributed by atoms with Gasteiger partial charge in [0.2, 0.25) is 5.91 Å². The van der Waals surface area contributed by atoms with E-state index in [0.29, 0.717) is 23.8 Å². The van der Waals surface area contributed by atoms with E-state index in [1.54, 1.807) is 0 Å². The van der Waals surface area contributed by atoms with E-state index in [2.05, 4.69) is 42.3 Å². The number of hydrogen-bond acceptors (Lipinski definition) is 2. The largest absolute Gasteiger partial charge is 0.345 e. The topological polar surface area (TPSA) is 23.6 Å². The molecule has 2 fully saturated rings. The highest BCUT2D eigenvalue weighted by molar-refractivity contribution is 5.77. The second-order valence-electron chi connectivity index (χ2n) is 6.52. The van der Waals surface area contributed by atoms with Gasteiger partial charge in [0, 0.05) is 32.6 Å². The summed E-state index contributed by atoms with van der Waals surface area (Å²) in [6.07, 6.45) is 3.19. The Morgan fingerprint density at radius 2 is 1.90 bits per heavy atom. The highest BCUT2D eigenvalue weighted by Gasteiger charge is 2.41. The Balaban J connectivity index is 1.61. The van der Waals surface area contributed by atoms with E-state index < -0.39 is 0 Å². The molecule has 108 valence electrons. The minimum Gasteiger partial charge on any atom is -0.345 e. The van der Waals surface area contributed by atoms with Gasteiger partial charge in [0.1, 0.15) is 0 Å². The predicted molar refractivity (Wildman–Crippen MR) is 80.2 cm³/mol. The molecule has 0 spiro atoms. The number of rotatable bonds is 3. The Morgan fingerprint density at radius 3 is 2.65 bits per heavy atom. The Hall–Kier alpha value is -1.35. The molecule has 1 amide bonds. The van der Waals surface area contributed by atoms with Crippen molar-refractivity contribution in [2.75, 3.05) is 20.6 Å². The summed E-state index contributed by atoms with van der Waals surface area (Å²) in [5, 5.41) is 0. The van der Waals surface area contributed by atoms with Gasteiger partial charge in [0.15, 0.2) is 0 Å². The molecule has 0 radical (unpaired) electrons. The molecule has 1 aromatic rings. The van der Waals surface area contributed by atoms with Crippen molar-refractivity contribution in [1.82, 2.24) is 9.80 Å². The van der Waals surface area contributed by atoms with Gasteiger partial charge in [-0.1, -0.05) is 30.3 Å². The van der Waals surface area contributed by atoms with Crippen molar-refractivity contribution in [3.05, 3.63) is 35.9 Å². The highest BCUT2D eigenvalue weighted by atomic mass is 16.2. The SMILES string of the molecule is CN1C[C@H]2CC(N(C)Cc3ccccc3)C[C@H]2CC1=O. The molecule has 3 atom stereocenters. The fraction of sp³-hybridized carbons (Fsp3) is 0.588. The van der Waals surface area contributed by atoms with Gasteiger partial charge in [-0.3, -0.25) is 9.69 Å². The van der Waals surface area contributed by atoms with Gasteiger partial charge in [-0.15, -0.1) is 0 Å². The van der Waals surface area contributed by atoms with E-state index in [-0.39, 0.29) is 0 Å². The van der Waals surface area contributed by atoms with Crippen LogP contribution < -0.4 is 0 Å². The molecule has 0 N–H and O–H groups in total. The number of amides is 1. The van der Waals surface area contributed by atoms with Gasteiger partial charge < -0.3 is 4.90 Å². The summed E-state index contributed by atoms with van der Waals surface area (Å²) in [6.45, 7) is 1.97. The van der Waals surface area contributed by atoms with Gasteiger partial charge in [-0.25, -0.2) is 0 Å². The average Bonchev–Trinajstić information content (AvgIpc) is 2.83. The first kappa shape index (κ1) is 13.6. The van der Waals surface area contributed by atoms with E-state index in [4.69, 9.17) is 0 Å². The summed E-state index contributed by atoms with van der Waals surface area (Å²) in [6, 6.07) is 11.3. The fourth-order valence-electron chi connectivity index (χ4n) is 3.85. The molecule has 0 aromatic heterocycles. The van der Waals surface area contributed by atoms with Gasteiger partial charge in [0.25, 0.3) is 0 Å². The summed E-state index contributed by atoms with van der Waals surface area (Å²) >= 11 is 0. The van der Waals surface area contributed by atoms with Crippen molar-refractivity contribution in [1.29, 1.82) is 0 Å². The summed E-state index contributed by atoms with van der Waals surface area (Å²) in [5.41, 5.74) is 1.37. The molecular weight excluding hydrogens is 248 g/mol. The van der Waals surface area contributed by atoms with Crippen LogP contribution in [-0.4, -0.2) is 42.4 Å². The average molecular weight is 272 g/mol. The molecule has 3 rings (SSSR count). The van der Waals surface area contributed by atoms with Gasteiger partial charge in [-0.05, 0) is 37.3 Å². The smallest absolute Gasteiger partial charge is 0.222 e. The number of carbonyl (C=O) groups excluding carboxylic acids is 1. The van der Waals surface area contributed by atoms with Crippen molar-refractivity contribution in [3.63, 3.8) is 0 Å². The second kappa shape index (κ2) is 5.57. The third-order valence-corrected chi connectivity index (χ3v) is 5.09. The monoisotopic (exact) mass is 272 g/mol. The first-order chi connectivity index (χ1) is 9.63. The molecule has 1 saturated carbocycles. The summed E-state index contributed by atoms with van der Waals surface area (Å²) in [5.74, 6) is 1.65. The molecule has 20 heavy (non-hydrogen) atoms. The Kier molecular flexibility index (Phi) is 3.79. The third kappa shape index (κ3) is 2.73. The number of carbonyl (C=O) groups is 1. The minimum atomic E-state index is 0.331. The lowest BCUT2D eigenvalue weighted by molar-refractivity contribution is -0.134. The summed E-state index contributed by atoms with van der Waals surface area (Å²) < 4.78 is 0. The number of nitrogens with zero attached hydrogens (tertiary/aromatic N) is 2. The van der Waals surface area contributed by atoms with Crippen LogP contribution in [0, 0.1) is 11.8 Å². The molecule has 1 saturated heterocycles. The van der Waals surface area contributed by atoms with Crippen LogP contribution in [0.3, 0.4) is 0 Å². The van der Waals surface area contributed by atoms with Crippen LogP contribution in [0.15, 0.2) is 30.3 Å². The molecule has 2 aliphatic rings. The minimum absolute atomic E-state index is 0.331. The Bertz CT molecular complexity index is 473. The van der Waals surface area contributed by atoms with Crippen molar-refractivity contribution in [2.45, 2.75) is 31.8 Å². The number of piperidine rings is 1. The van der Waals surface area contributed by atoms with Crippen LogP contribution in [0.4, 0.5) is 0 Å². The fourth-order valence-corrected chi connectivity index (χ4v) is 3.85. The van der Waals surface area contributed by atoms with Crippen LogP contribution in [0.1, 0.15) is 24.8 Å². The maximum Gasteiger partial charge on any atom is 0.222 e. The van der Waals surface area contributed by atoms with Crippen molar-refractivity contribution < 1.29 is 4.79 Å². The molecule has 3 nitrogen and oxygen atoms in total. The van der Waals surface area contributed by atoms with E-state index in [9.17, 15) is 4.79 Å². The van der Waals surface area contributed by atoms with Crippen LogP contribution in [-0.2, 0) is 11.3 Å². The van der Waals surface area contributed by atoms with E-state index in [1.165, 1.54) is 18.4 Å². The standard InChI is InChI=1S/C17H24N2O/c1-18(11-13-6-4-3-5-7-13)16-8-14-10-17(20)19(2)12-15(14)9-16/h3-7,14-16H,8-12H2,1-2H3/t14-,15+,16?/m0/s1. The lowest BCUT2D eigenvalue weighted by atomic mass is 9.88. The molecule has 1 aliphatic heterocycles. The predicted octanol–water partition coefficient (Wildman–Crippen LogP) is 2.38. The van der Waals surface area contributed by atoms with Gasteiger partial charge in [-0.2, -0.15) is 0 Å². The number of benzene rings is 1. The molecular formula is C17H24N2O. The van der Waals surface area contributed by atoms with E-state index in [0.717, 1.165) is 19.5 Å². The second-order valence-corrected chi connectivity index (χ2v) is 6.52. The maximum atomic E-state index is 11.8. The number of likely N-dealkylation sites (tertiary alicyclic amines) is 1. The Labute approximate surface area is 121 Å². The molecule has 0 bridgehead atoms. The van der Waals surface area contributed by atoms with Crippen LogP contribution in [0.2, 0.25) is 0 Å². The van der Waals surface area contributed by atoms with Gasteiger partial charge in [0.05, 0.1) is 0 Å². The lowest BCUT2D eigenvalue weighted by Crippen LogP contribution is -2.39. The normalized spacial score (nSPS) is 29.9. The van der Waals surface area contributed by atoms with E-state index >= 15 is 0 Å². The van der Waals surface area contributed by atoms with Crippen LogP contribution in [0.25, 0.3) is 0 Å². The van der Waals surface area contributed by atoms with E-state index in [1.807, 2.05) is 11.9 Å². The zero-order valence-electron chi connectivity index (χ0n) is 12.5. The molecule has 3 heteroatoms. The van der Waals surface area contributed by atoms with Crippen molar-refractivity contribution in [3.8, 4) is 0 Å². The maximum absolute atomic E-state index is 11.8. The highest BCUT2D eigenvalue weighted by Crippen LogP contribution is 2.40. The quantitative estimate of drug-likeness (QED) is 0.843. The molecule has 1 aromatic carbocycles. The zero-order chi connectivity index (χ0) is 14.1. The van der Waals surface area contributed by atoms with Crippen LogP contribution >= 0.6 is 0 Å². The number of fused-ring (bicyclic) bond motifs is 1. The Morgan fingerprint density at radius 1 is 1.20 bits per heavy atom. The summed E-state index contributed by atoms with van der Waals surface area (Å²) in [4.78, 5) is 16.2. The molecule has 1 unspecified atom stereocenters. The summed E-state index contributed by atoms with van der Waals surface area (Å²) in [7, 11) is 4.17. The van der Waals surface area contributed by atoms with Crippen LogP contribution in [0.5, 0.6) is 0 Å². The molecule has 1 aliphatic carbocycles. The molecule has 1 heterocycles.